The first-order valence-corrected chi connectivity index (χ1v) is 8.26. The van der Waals surface area contributed by atoms with Crippen LogP contribution in [0, 0.1) is 0 Å². The van der Waals surface area contributed by atoms with Gasteiger partial charge in [-0.2, -0.15) is 0 Å². The van der Waals surface area contributed by atoms with Gasteiger partial charge in [0.05, 0.1) is 6.54 Å². The van der Waals surface area contributed by atoms with Crippen LogP contribution in [0.3, 0.4) is 0 Å². The number of halogens is 1. The van der Waals surface area contributed by atoms with Crippen molar-refractivity contribution >= 4 is 21.6 Å². The van der Waals surface area contributed by atoms with Gasteiger partial charge in [-0.15, -0.1) is 0 Å². The maximum absolute atomic E-state index is 4.46. The lowest BCUT2D eigenvalue weighted by Gasteiger charge is -2.32. The highest BCUT2D eigenvalue weighted by molar-refractivity contribution is 9.10. The van der Waals surface area contributed by atoms with Crippen molar-refractivity contribution in [1.29, 1.82) is 0 Å². The molecule has 1 aliphatic rings. The SMILES string of the molecule is CCNC(C)c1ccc(Br)cc1N1CCn2ccnc2C1. The zero-order valence-corrected chi connectivity index (χ0v) is 14.1. The number of anilines is 1. The lowest BCUT2D eigenvalue weighted by atomic mass is 10.0. The summed E-state index contributed by atoms with van der Waals surface area (Å²) in [4.78, 5) is 6.89. The Bertz CT molecular complexity index is 622. The van der Waals surface area contributed by atoms with Crippen LogP contribution in [-0.4, -0.2) is 22.6 Å². The number of nitrogens with zero attached hydrogens (tertiary/aromatic N) is 3. The summed E-state index contributed by atoms with van der Waals surface area (Å²) in [5.41, 5.74) is 2.65. The van der Waals surface area contributed by atoms with Gasteiger partial charge in [-0.25, -0.2) is 4.98 Å². The van der Waals surface area contributed by atoms with E-state index in [1.807, 2.05) is 6.20 Å². The minimum atomic E-state index is 0.347. The molecule has 0 amide bonds. The van der Waals surface area contributed by atoms with Crippen LogP contribution in [0.15, 0.2) is 35.1 Å². The van der Waals surface area contributed by atoms with Gasteiger partial charge in [-0.05, 0) is 31.2 Å². The van der Waals surface area contributed by atoms with Crippen molar-refractivity contribution in [3.63, 3.8) is 0 Å². The third-order valence-electron chi connectivity index (χ3n) is 4.05. The fourth-order valence-electron chi connectivity index (χ4n) is 2.95. The zero-order valence-electron chi connectivity index (χ0n) is 12.5. The van der Waals surface area contributed by atoms with Crippen LogP contribution < -0.4 is 10.2 Å². The summed E-state index contributed by atoms with van der Waals surface area (Å²) >= 11 is 3.61. The van der Waals surface area contributed by atoms with Crippen molar-refractivity contribution in [2.24, 2.45) is 0 Å². The van der Waals surface area contributed by atoms with Crippen LogP contribution in [0.5, 0.6) is 0 Å². The highest BCUT2D eigenvalue weighted by Gasteiger charge is 2.21. The Morgan fingerprint density at radius 1 is 1.38 bits per heavy atom. The first kappa shape index (κ1) is 14.6. The van der Waals surface area contributed by atoms with Gasteiger partial charge in [-0.3, -0.25) is 0 Å². The lowest BCUT2D eigenvalue weighted by molar-refractivity contribution is 0.550. The van der Waals surface area contributed by atoms with Crippen molar-refractivity contribution in [3.8, 4) is 0 Å². The molecule has 1 aromatic heterocycles. The minimum absolute atomic E-state index is 0.347. The number of hydrogen-bond acceptors (Lipinski definition) is 3. The molecule has 0 saturated heterocycles. The fraction of sp³-hybridized carbons (Fsp3) is 0.438. The second-order valence-electron chi connectivity index (χ2n) is 5.44. The molecule has 0 fully saturated rings. The summed E-state index contributed by atoms with van der Waals surface area (Å²) in [6.07, 6.45) is 3.96. The van der Waals surface area contributed by atoms with E-state index < -0.39 is 0 Å². The Morgan fingerprint density at radius 3 is 3.05 bits per heavy atom. The largest absolute Gasteiger partial charge is 0.362 e. The maximum Gasteiger partial charge on any atom is 0.128 e. The van der Waals surface area contributed by atoms with E-state index in [4.69, 9.17) is 0 Å². The molecule has 0 bridgehead atoms. The summed E-state index contributed by atoms with van der Waals surface area (Å²) < 4.78 is 3.36. The van der Waals surface area contributed by atoms with Gasteiger partial charge in [0.25, 0.3) is 0 Å². The van der Waals surface area contributed by atoms with Crippen molar-refractivity contribution < 1.29 is 0 Å². The average molecular weight is 349 g/mol. The average Bonchev–Trinajstić information content (AvgIpc) is 2.94. The lowest BCUT2D eigenvalue weighted by Crippen LogP contribution is -2.35. The molecule has 0 aliphatic carbocycles. The Morgan fingerprint density at radius 2 is 2.24 bits per heavy atom. The van der Waals surface area contributed by atoms with Crippen LogP contribution in [0.25, 0.3) is 0 Å². The maximum atomic E-state index is 4.46. The molecule has 1 aromatic carbocycles. The van der Waals surface area contributed by atoms with Gasteiger partial charge >= 0.3 is 0 Å². The van der Waals surface area contributed by atoms with Gasteiger partial charge in [-0.1, -0.05) is 28.9 Å². The highest BCUT2D eigenvalue weighted by atomic mass is 79.9. The predicted molar refractivity (Wildman–Crippen MR) is 89.5 cm³/mol. The smallest absolute Gasteiger partial charge is 0.128 e. The zero-order chi connectivity index (χ0) is 14.8. The van der Waals surface area contributed by atoms with E-state index in [-0.39, 0.29) is 0 Å². The molecule has 0 radical (unpaired) electrons. The number of imidazole rings is 1. The molecule has 0 saturated carbocycles. The van der Waals surface area contributed by atoms with Crippen molar-refractivity contribution in [1.82, 2.24) is 14.9 Å². The Kier molecular flexibility index (Phi) is 4.31. The molecule has 1 unspecified atom stereocenters. The molecule has 3 rings (SSSR count). The van der Waals surface area contributed by atoms with E-state index in [1.54, 1.807) is 0 Å². The fourth-order valence-corrected chi connectivity index (χ4v) is 3.30. The van der Waals surface area contributed by atoms with Crippen LogP contribution in [0.4, 0.5) is 5.69 Å². The summed E-state index contributed by atoms with van der Waals surface area (Å²) in [7, 11) is 0. The number of benzene rings is 1. The van der Waals surface area contributed by atoms with Gasteiger partial charge in [0.2, 0.25) is 0 Å². The molecule has 1 atom stereocenters. The minimum Gasteiger partial charge on any atom is -0.362 e. The van der Waals surface area contributed by atoms with Crippen LogP contribution in [0.2, 0.25) is 0 Å². The number of hydrogen-bond donors (Lipinski definition) is 1. The number of rotatable bonds is 4. The van der Waals surface area contributed by atoms with Crippen LogP contribution >= 0.6 is 15.9 Å². The van der Waals surface area contributed by atoms with Crippen molar-refractivity contribution in [2.75, 3.05) is 18.0 Å². The van der Waals surface area contributed by atoms with E-state index in [1.165, 1.54) is 11.3 Å². The third kappa shape index (κ3) is 2.99. The first-order chi connectivity index (χ1) is 10.2. The van der Waals surface area contributed by atoms with Crippen molar-refractivity contribution in [3.05, 3.63) is 46.5 Å². The molecule has 1 N–H and O–H groups in total. The standard InChI is InChI=1S/C16H21BrN4/c1-3-18-12(2)14-5-4-13(17)10-15(14)21-9-8-20-7-6-19-16(20)11-21/h4-7,10,12,18H,3,8-9,11H2,1-2H3. The van der Waals surface area contributed by atoms with E-state index >= 15 is 0 Å². The topological polar surface area (TPSA) is 33.1 Å². The summed E-state index contributed by atoms with van der Waals surface area (Å²) in [6, 6.07) is 6.91. The van der Waals surface area contributed by atoms with E-state index in [9.17, 15) is 0 Å². The van der Waals surface area contributed by atoms with Gasteiger partial charge in [0, 0.05) is 41.7 Å². The third-order valence-corrected chi connectivity index (χ3v) is 4.55. The monoisotopic (exact) mass is 348 g/mol. The Hall–Kier alpha value is -1.33. The second-order valence-corrected chi connectivity index (χ2v) is 6.36. The number of aromatic nitrogens is 2. The van der Waals surface area contributed by atoms with E-state index in [2.05, 4.69) is 73.9 Å². The first-order valence-electron chi connectivity index (χ1n) is 7.47. The molecule has 112 valence electrons. The van der Waals surface area contributed by atoms with Gasteiger partial charge < -0.3 is 14.8 Å². The molecule has 4 nitrogen and oxygen atoms in total. The summed E-state index contributed by atoms with van der Waals surface area (Å²) in [5.74, 6) is 1.14. The number of nitrogens with one attached hydrogen (secondary N) is 1. The quantitative estimate of drug-likeness (QED) is 0.919. The molecular weight excluding hydrogens is 328 g/mol. The van der Waals surface area contributed by atoms with Crippen LogP contribution in [-0.2, 0) is 13.1 Å². The normalized spacial score (nSPS) is 15.9. The molecule has 0 spiro atoms. The summed E-state index contributed by atoms with van der Waals surface area (Å²) in [5, 5.41) is 3.51. The van der Waals surface area contributed by atoms with Gasteiger partial charge in [0.15, 0.2) is 0 Å². The summed E-state index contributed by atoms with van der Waals surface area (Å²) in [6.45, 7) is 8.23. The van der Waals surface area contributed by atoms with Crippen LogP contribution in [0.1, 0.15) is 31.3 Å². The molecular formula is C16H21BrN4. The molecule has 1 aliphatic heterocycles. The highest BCUT2D eigenvalue weighted by Crippen LogP contribution is 2.31. The molecule has 2 aromatic rings. The molecule has 2 heterocycles. The number of fused-ring (bicyclic) bond motifs is 1. The Balaban J connectivity index is 1.92. The molecule has 21 heavy (non-hydrogen) atoms. The van der Waals surface area contributed by atoms with E-state index in [0.717, 1.165) is 36.5 Å². The van der Waals surface area contributed by atoms with Gasteiger partial charge in [0.1, 0.15) is 5.82 Å². The predicted octanol–water partition coefficient (Wildman–Crippen LogP) is 3.34. The second kappa shape index (κ2) is 6.20. The van der Waals surface area contributed by atoms with Crippen molar-refractivity contribution in [2.45, 2.75) is 33.0 Å². The van der Waals surface area contributed by atoms with E-state index in [0.29, 0.717) is 6.04 Å². The Labute approximate surface area is 134 Å². The molecule has 5 heteroatoms.